The summed E-state index contributed by atoms with van der Waals surface area (Å²) < 4.78 is 40.8. The van der Waals surface area contributed by atoms with Crippen molar-refractivity contribution in [1.29, 1.82) is 0 Å². The van der Waals surface area contributed by atoms with Crippen molar-refractivity contribution in [3.05, 3.63) is 111 Å². The number of rotatable bonds is 15. The SMILES string of the molecule is Cc1ccccc1[C@@H]1CN(Cc2cnc(N3CCOCC3)c(OC(C)C)c2)CCN1C1CC2(CCN(c3ccc(C(=O)NS(=O)(=O)c4ccc(NCC5CCC(C)(O)CC5)c([N+](=O)[O-])c4)cc3)CC2)C1. The zero-order valence-corrected chi connectivity index (χ0v) is 42.0. The van der Waals surface area contributed by atoms with Gasteiger partial charge in [-0.05, 0) is 150 Å². The van der Waals surface area contributed by atoms with Crippen molar-refractivity contribution < 1.29 is 32.7 Å². The van der Waals surface area contributed by atoms with Crippen molar-refractivity contribution in [1.82, 2.24) is 19.5 Å². The third kappa shape index (κ3) is 11.4. The Kier molecular flexibility index (Phi) is 14.7. The van der Waals surface area contributed by atoms with E-state index in [0.717, 1.165) is 107 Å². The van der Waals surface area contributed by atoms with Gasteiger partial charge in [0.2, 0.25) is 0 Å². The van der Waals surface area contributed by atoms with Crippen LogP contribution < -0.4 is 24.6 Å². The molecule has 3 N–H and O–H groups in total. The van der Waals surface area contributed by atoms with E-state index >= 15 is 0 Å². The average Bonchev–Trinajstić information content (AvgIpc) is 3.33. The van der Waals surface area contributed by atoms with Crippen LogP contribution in [0.1, 0.15) is 105 Å². The second-order valence-corrected chi connectivity index (χ2v) is 22.7. The number of hydrogen-bond donors (Lipinski definition) is 3. The second kappa shape index (κ2) is 20.8. The number of pyridine rings is 1. The Morgan fingerprint density at radius 1 is 0.943 bits per heavy atom. The Hall–Kier alpha value is -5.33. The van der Waals surface area contributed by atoms with Crippen LogP contribution in [0.5, 0.6) is 5.75 Å². The lowest BCUT2D eigenvalue weighted by molar-refractivity contribution is -0.384. The number of nitro groups is 1. The summed E-state index contributed by atoms with van der Waals surface area (Å²) in [6, 6.07) is 22.4. The maximum Gasteiger partial charge on any atom is 0.293 e. The molecule has 2 saturated carbocycles. The molecule has 4 aromatic rings. The number of carbonyl (C=O) groups excluding carboxylic acids is 1. The number of nitro benzene ring substituents is 1. The highest BCUT2D eigenvalue weighted by Gasteiger charge is 2.50. The molecule has 2 aliphatic carbocycles. The molecule has 0 unspecified atom stereocenters. The predicted octanol–water partition coefficient (Wildman–Crippen LogP) is 7.70. The zero-order chi connectivity index (χ0) is 49.2. The van der Waals surface area contributed by atoms with Gasteiger partial charge in [0.1, 0.15) is 5.69 Å². The van der Waals surface area contributed by atoms with Crippen molar-refractivity contribution in [2.45, 2.75) is 114 Å². The molecule has 17 heteroatoms. The number of hydrogen-bond acceptors (Lipinski definition) is 14. The van der Waals surface area contributed by atoms with E-state index in [4.69, 9.17) is 14.5 Å². The number of anilines is 3. The lowest BCUT2D eigenvalue weighted by Gasteiger charge is -2.58. The summed E-state index contributed by atoms with van der Waals surface area (Å²) in [5.41, 5.74) is 4.45. The number of piperazine rings is 1. The molecule has 5 aliphatic rings. The molecule has 1 atom stereocenters. The van der Waals surface area contributed by atoms with E-state index in [0.29, 0.717) is 44.1 Å². The number of piperidine rings is 1. The van der Waals surface area contributed by atoms with E-state index in [1.807, 2.05) is 25.3 Å². The van der Waals surface area contributed by atoms with Crippen LogP contribution in [-0.4, -0.2) is 122 Å². The van der Waals surface area contributed by atoms with Crippen LogP contribution in [0.3, 0.4) is 0 Å². The van der Waals surface area contributed by atoms with Crippen molar-refractivity contribution in [3.8, 4) is 5.75 Å². The van der Waals surface area contributed by atoms with Crippen molar-refractivity contribution >= 4 is 38.8 Å². The molecule has 9 rings (SSSR count). The molecular formula is C53H70N8O8S. The van der Waals surface area contributed by atoms with Gasteiger partial charge in [0.25, 0.3) is 21.6 Å². The number of sulfonamides is 1. The van der Waals surface area contributed by atoms with Gasteiger partial charge >= 0.3 is 0 Å². The van der Waals surface area contributed by atoms with Crippen molar-refractivity contribution in [3.63, 3.8) is 0 Å². The Labute approximate surface area is 412 Å². The van der Waals surface area contributed by atoms with Gasteiger partial charge in [-0.2, -0.15) is 0 Å². The first-order chi connectivity index (χ1) is 33.5. The molecule has 3 aromatic carbocycles. The molecule has 0 bridgehead atoms. The summed E-state index contributed by atoms with van der Waals surface area (Å²) in [7, 11) is -4.42. The quantitative estimate of drug-likeness (QED) is 0.0778. The second-order valence-electron chi connectivity index (χ2n) is 21.1. The fourth-order valence-corrected chi connectivity index (χ4v) is 12.5. The predicted molar refractivity (Wildman–Crippen MR) is 271 cm³/mol. The molecule has 1 spiro atoms. The Morgan fingerprint density at radius 2 is 1.66 bits per heavy atom. The number of ether oxygens (including phenoxy) is 2. The summed E-state index contributed by atoms with van der Waals surface area (Å²) >= 11 is 0. The Balaban J connectivity index is 0.784. The summed E-state index contributed by atoms with van der Waals surface area (Å²) in [4.78, 5) is 39.2. The number of aryl methyl sites for hydroxylation is 1. The topological polar surface area (TPSA) is 183 Å². The summed E-state index contributed by atoms with van der Waals surface area (Å²) in [5.74, 6) is 1.16. The van der Waals surface area contributed by atoms with Gasteiger partial charge in [-0.15, -0.1) is 0 Å². The molecule has 70 heavy (non-hydrogen) atoms. The standard InChI is InChI=1S/C53H70N8O8S/c1-37(2)69-49-29-40(34-55-50(49)59-25-27-68-28-26-59)35-57-23-24-60(48(36-57)45-8-6-5-7-38(45)3)43-31-53(32-43)19-21-58(22-20-53)42-11-9-41(10-12-42)51(62)56-70(66,67)44-13-14-46(47(30-44)61(64)65)54-33-39-15-17-52(4,63)18-16-39/h5-14,29-30,34,37,39,43,48,54,63H,15-28,31-33,35-36H2,1-4H3,(H,56,62)/t39?,48-,52?/m0/s1. The Bertz CT molecular complexity index is 2600. The molecule has 4 heterocycles. The van der Waals surface area contributed by atoms with Gasteiger partial charge in [0, 0.05) is 94.5 Å². The molecular weight excluding hydrogens is 909 g/mol. The van der Waals surface area contributed by atoms with Crippen LogP contribution >= 0.6 is 0 Å². The normalized spacial score (nSPS) is 23.5. The maximum absolute atomic E-state index is 13.4. The van der Waals surface area contributed by atoms with E-state index in [9.17, 15) is 28.4 Å². The highest BCUT2D eigenvalue weighted by molar-refractivity contribution is 7.90. The highest BCUT2D eigenvalue weighted by atomic mass is 32.2. The molecule has 0 radical (unpaired) electrons. The van der Waals surface area contributed by atoms with Gasteiger partial charge in [-0.25, -0.2) is 18.1 Å². The van der Waals surface area contributed by atoms with Crippen LogP contribution in [0, 0.1) is 28.4 Å². The molecule has 3 aliphatic heterocycles. The zero-order valence-electron chi connectivity index (χ0n) is 41.1. The van der Waals surface area contributed by atoms with E-state index in [2.05, 4.69) is 80.7 Å². The largest absolute Gasteiger partial charge is 0.487 e. The van der Waals surface area contributed by atoms with Crippen LogP contribution in [0.2, 0.25) is 0 Å². The van der Waals surface area contributed by atoms with Crippen LogP contribution in [0.4, 0.5) is 22.9 Å². The van der Waals surface area contributed by atoms with E-state index in [1.165, 1.54) is 36.1 Å². The van der Waals surface area contributed by atoms with Crippen LogP contribution in [0.15, 0.2) is 83.9 Å². The van der Waals surface area contributed by atoms with Gasteiger partial charge < -0.3 is 29.7 Å². The number of nitrogens with one attached hydrogen (secondary N) is 2. The number of benzene rings is 3. The number of aliphatic hydroxyl groups is 1. The molecule has 1 aromatic heterocycles. The molecule has 5 fully saturated rings. The van der Waals surface area contributed by atoms with Crippen molar-refractivity contribution in [2.24, 2.45) is 11.3 Å². The third-order valence-corrected chi connectivity index (χ3v) is 16.9. The monoisotopic (exact) mass is 979 g/mol. The number of morpholine rings is 1. The number of aromatic nitrogens is 1. The fourth-order valence-electron chi connectivity index (χ4n) is 11.5. The lowest BCUT2D eigenvalue weighted by atomic mass is 9.59. The number of amides is 1. The van der Waals surface area contributed by atoms with E-state index < -0.39 is 32.1 Å². The van der Waals surface area contributed by atoms with Gasteiger partial charge in [0.15, 0.2) is 11.6 Å². The van der Waals surface area contributed by atoms with E-state index in [-0.39, 0.29) is 34.2 Å². The summed E-state index contributed by atoms with van der Waals surface area (Å²) in [6.45, 7) is 17.2. The molecule has 3 saturated heterocycles. The maximum atomic E-state index is 13.4. The van der Waals surface area contributed by atoms with Gasteiger partial charge in [-0.1, -0.05) is 24.3 Å². The molecule has 16 nitrogen and oxygen atoms in total. The molecule has 1 amide bonds. The first kappa shape index (κ1) is 49.6. The lowest BCUT2D eigenvalue weighted by Crippen LogP contribution is -2.59. The van der Waals surface area contributed by atoms with Gasteiger partial charge in [0.05, 0.1) is 34.7 Å². The minimum atomic E-state index is -4.42. The van der Waals surface area contributed by atoms with E-state index in [1.54, 1.807) is 12.1 Å². The summed E-state index contributed by atoms with van der Waals surface area (Å²) in [6.07, 6.45) is 9.45. The van der Waals surface area contributed by atoms with Crippen LogP contribution in [0.25, 0.3) is 0 Å². The first-order valence-corrected chi connectivity index (χ1v) is 26.7. The Morgan fingerprint density at radius 3 is 2.34 bits per heavy atom. The minimum Gasteiger partial charge on any atom is -0.487 e. The smallest absolute Gasteiger partial charge is 0.293 e. The average molecular weight is 979 g/mol. The van der Waals surface area contributed by atoms with Crippen LogP contribution in [-0.2, 0) is 21.3 Å². The van der Waals surface area contributed by atoms with Crippen molar-refractivity contribution in [2.75, 3.05) is 80.7 Å². The summed E-state index contributed by atoms with van der Waals surface area (Å²) in [5, 5.41) is 25.4. The molecule has 376 valence electrons. The van der Waals surface area contributed by atoms with Gasteiger partial charge in [-0.3, -0.25) is 24.7 Å². The minimum absolute atomic E-state index is 0.0440. The highest BCUT2D eigenvalue weighted by Crippen LogP contribution is 2.53. The third-order valence-electron chi connectivity index (χ3n) is 15.6. The fraction of sp³-hybridized carbons (Fsp3) is 0.547. The first-order valence-electron chi connectivity index (χ1n) is 25.2. The number of carbonyl (C=O) groups is 1. The number of nitrogens with zero attached hydrogens (tertiary/aromatic N) is 6.